The van der Waals surface area contributed by atoms with Gasteiger partial charge in [-0.05, 0) is 32.3 Å². The van der Waals surface area contributed by atoms with E-state index in [9.17, 15) is 8.42 Å². The van der Waals surface area contributed by atoms with Gasteiger partial charge < -0.3 is 5.73 Å². The fourth-order valence-corrected chi connectivity index (χ4v) is 4.95. The molecule has 186 valence electrons. The van der Waals surface area contributed by atoms with Crippen LogP contribution >= 0.6 is 0 Å². The third-order valence-corrected chi connectivity index (χ3v) is 6.97. The van der Waals surface area contributed by atoms with Crippen molar-refractivity contribution in [2.75, 3.05) is 0 Å². The molecule has 6 heteroatoms. The molecular formula is C26H47NO4S. The molecule has 32 heavy (non-hydrogen) atoms. The Hall–Kier alpha value is -0.950. The van der Waals surface area contributed by atoms with Gasteiger partial charge in [0, 0.05) is 0 Å². The Morgan fingerprint density at radius 1 is 0.781 bits per heavy atom. The molecule has 2 N–H and O–H groups in total. The number of hydrogen-bond acceptors (Lipinski definition) is 5. The van der Waals surface area contributed by atoms with E-state index in [2.05, 4.69) is 6.92 Å². The molecule has 0 spiro atoms. The van der Waals surface area contributed by atoms with E-state index in [1.807, 2.05) is 30.3 Å². The summed E-state index contributed by atoms with van der Waals surface area (Å²) in [4.78, 5) is 0. The summed E-state index contributed by atoms with van der Waals surface area (Å²) in [7, 11) is -4.18. The van der Waals surface area contributed by atoms with E-state index >= 15 is 0 Å². The summed E-state index contributed by atoms with van der Waals surface area (Å²) in [6, 6.07) is 9.20. The van der Waals surface area contributed by atoms with Crippen LogP contribution in [0.5, 0.6) is 0 Å². The van der Waals surface area contributed by atoms with Crippen molar-refractivity contribution in [1.29, 1.82) is 0 Å². The number of rotatable bonds is 20. The standard InChI is InChI=1S/C26H47NO4S/c1-4-5-6-7-8-9-10-11-12-13-14-15-16-20-23-25(27)30-32(28,29)31-26(2,3)24-21-18-17-19-22-24/h17-19,21-22,25H,4-16,20,23,27H2,1-3H3. The maximum Gasteiger partial charge on any atom is 0.402 e. The van der Waals surface area contributed by atoms with Gasteiger partial charge in [-0.15, -0.1) is 0 Å². The first kappa shape index (κ1) is 29.1. The Morgan fingerprint density at radius 2 is 1.22 bits per heavy atom. The molecule has 0 bridgehead atoms. The smallest absolute Gasteiger partial charge is 0.305 e. The summed E-state index contributed by atoms with van der Waals surface area (Å²) in [5.41, 5.74) is 5.62. The Bertz CT molecular complexity index is 676. The molecule has 0 aliphatic heterocycles. The number of benzene rings is 1. The van der Waals surface area contributed by atoms with Crippen LogP contribution in [0.15, 0.2) is 30.3 Å². The van der Waals surface area contributed by atoms with Gasteiger partial charge in [0.15, 0.2) is 0 Å². The molecule has 1 rings (SSSR count). The summed E-state index contributed by atoms with van der Waals surface area (Å²) >= 11 is 0. The van der Waals surface area contributed by atoms with Crippen molar-refractivity contribution >= 4 is 10.4 Å². The van der Waals surface area contributed by atoms with Gasteiger partial charge in [0.05, 0.1) is 0 Å². The average molecular weight is 470 g/mol. The number of unbranched alkanes of at least 4 members (excludes halogenated alkanes) is 13. The quantitative estimate of drug-likeness (QED) is 0.159. The first-order chi connectivity index (χ1) is 15.3. The lowest BCUT2D eigenvalue weighted by molar-refractivity contribution is 0.0681. The van der Waals surface area contributed by atoms with Crippen LogP contribution in [0.1, 0.15) is 123 Å². The maximum atomic E-state index is 12.3. The van der Waals surface area contributed by atoms with Crippen molar-refractivity contribution in [2.24, 2.45) is 5.73 Å². The van der Waals surface area contributed by atoms with Gasteiger partial charge in [0.25, 0.3) is 0 Å². The van der Waals surface area contributed by atoms with Crippen molar-refractivity contribution in [3.8, 4) is 0 Å². The van der Waals surface area contributed by atoms with Crippen LogP contribution in [-0.4, -0.2) is 14.6 Å². The molecule has 0 fully saturated rings. The molecule has 1 aromatic carbocycles. The topological polar surface area (TPSA) is 78.6 Å². The number of nitrogens with two attached hydrogens (primary N) is 1. The minimum atomic E-state index is -4.18. The van der Waals surface area contributed by atoms with Crippen LogP contribution in [0.3, 0.4) is 0 Å². The van der Waals surface area contributed by atoms with Crippen molar-refractivity contribution in [2.45, 2.75) is 129 Å². The van der Waals surface area contributed by atoms with Crippen LogP contribution in [0.2, 0.25) is 0 Å². The van der Waals surface area contributed by atoms with Gasteiger partial charge in [-0.25, -0.2) is 8.37 Å². The second kappa shape index (κ2) is 16.6. The van der Waals surface area contributed by atoms with Gasteiger partial charge in [0.1, 0.15) is 11.8 Å². The van der Waals surface area contributed by atoms with Crippen molar-refractivity contribution in [1.82, 2.24) is 0 Å². The maximum absolute atomic E-state index is 12.3. The first-order valence-corrected chi connectivity index (χ1v) is 14.0. The highest BCUT2D eigenvalue weighted by atomic mass is 32.3. The Labute approximate surface area is 197 Å². The molecule has 0 aliphatic rings. The fourth-order valence-electron chi connectivity index (χ4n) is 3.90. The monoisotopic (exact) mass is 469 g/mol. The summed E-state index contributed by atoms with van der Waals surface area (Å²) in [5, 5.41) is 0. The van der Waals surface area contributed by atoms with Crippen LogP contribution in [0.25, 0.3) is 0 Å². The lowest BCUT2D eigenvalue weighted by Gasteiger charge is -2.25. The van der Waals surface area contributed by atoms with E-state index in [0.717, 1.165) is 24.8 Å². The Balaban J connectivity index is 2.05. The zero-order chi connectivity index (χ0) is 23.7. The van der Waals surface area contributed by atoms with Crippen molar-refractivity contribution in [3.05, 3.63) is 35.9 Å². The predicted octanol–water partition coefficient (Wildman–Crippen LogP) is 7.36. The molecule has 1 unspecified atom stereocenters. The SMILES string of the molecule is CCCCCCCCCCCCCCCCC(N)OS(=O)(=O)OC(C)(C)c1ccccc1. The summed E-state index contributed by atoms with van der Waals surface area (Å²) in [6.07, 6.45) is 17.5. The van der Waals surface area contributed by atoms with E-state index in [0.29, 0.717) is 6.42 Å². The van der Waals surface area contributed by atoms with Crippen LogP contribution < -0.4 is 5.73 Å². The molecule has 0 amide bonds. The van der Waals surface area contributed by atoms with E-state index < -0.39 is 22.2 Å². The minimum Gasteiger partial charge on any atom is -0.305 e. The Morgan fingerprint density at radius 3 is 1.69 bits per heavy atom. The van der Waals surface area contributed by atoms with Crippen molar-refractivity contribution < 1.29 is 16.8 Å². The molecule has 5 nitrogen and oxygen atoms in total. The molecule has 0 saturated carbocycles. The minimum absolute atomic E-state index is 0.506. The second-order valence-electron chi connectivity index (χ2n) is 9.39. The van der Waals surface area contributed by atoms with Gasteiger partial charge in [0.2, 0.25) is 0 Å². The molecule has 0 aliphatic carbocycles. The second-order valence-corrected chi connectivity index (χ2v) is 10.6. The normalized spacial score (nSPS) is 13.4. The molecular weight excluding hydrogens is 422 g/mol. The van der Waals surface area contributed by atoms with E-state index in [1.54, 1.807) is 13.8 Å². The van der Waals surface area contributed by atoms with Crippen molar-refractivity contribution in [3.63, 3.8) is 0 Å². The third kappa shape index (κ3) is 14.2. The van der Waals surface area contributed by atoms with E-state index in [-0.39, 0.29) is 0 Å². The highest BCUT2D eigenvalue weighted by Gasteiger charge is 2.30. The van der Waals surface area contributed by atoms with E-state index in [1.165, 1.54) is 70.6 Å². The Kier molecular flexibility index (Phi) is 15.1. The predicted molar refractivity (Wildman–Crippen MR) is 133 cm³/mol. The molecule has 1 aromatic rings. The lowest BCUT2D eigenvalue weighted by Crippen LogP contribution is -2.33. The van der Waals surface area contributed by atoms with E-state index in [4.69, 9.17) is 14.1 Å². The molecule has 0 heterocycles. The van der Waals surface area contributed by atoms with Crippen LogP contribution in [0, 0.1) is 0 Å². The van der Waals surface area contributed by atoms with Gasteiger partial charge in [-0.3, -0.25) is 0 Å². The van der Waals surface area contributed by atoms with Crippen LogP contribution in [-0.2, 0) is 24.4 Å². The highest BCUT2D eigenvalue weighted by Crippen LogP contribution is 2.27. The summed E-state index contributed by atoms with van der Waals surface area (Å²) in [6.45, 7) is 5.65. The largest absolute Gasteiger partial charge is 0.402 e. The molecule has 0 aromatic heterocycles. The molecule has 1 atom stereocenters. The lowest BCUT2D eigenvalue weighted by atomic mass is 9.99. The van der Waals surface area contributed by atoms with Gasteiger partial charge in [-0.1, -0.05) is 121 Å². The molecule has 0 radical (unpaired) electrons. The number of hydrogen-bond donors (Lipinski definition) is 1. The third-order valence-electron chi connectivity index (χ3n) is 5.86. The summed E-state index contributed by atoms with van der Waals surface area (Å²) < 4.78 is 34.8. The zero-order valence-corrected chi connectivity index (χ0v) is 21.5. The van der Waals surface area contributed by atoms with Crippen LogP contribution in [0.4, 0.5) is 0 Å². The zero-order valence-electron chi connectivity index (χ0n) is 20.7. The first-order valence-electron chi connectivity index (χ1n) is 12.7. The summed E-state index contributed by atoms with van der Waals surface area (Å²) in [5.74, 6) is 0. The fraction of sp³-hybridized carbons (Fsp3) is 0.769. The molecule has 0 saturated heterocycles. The van der Waals surface area contributed by atoms with Gasteiger partial charge in [-0.2, -0.15) is 8.42 Å². The van der Waals surface area contributed by atoms with Gasteiger partial charge >= 0.3 is 10.4 Å². The average Bonchev–Trinajstić information content (AvgIpc) is 2.73. The highest BCUT2D eigenvalue weighted by molar-refractivity contribution is 7.81.